The number of nitrogens with one attached hydrogen (secondary N) is 1. The normalized spacial score (nSPS) is 14.1. The van der Waals surface area contributed by atoms with Crippen LogP contribution < -0.4 is 10.1 Å². The second-order valence-electron chi connectivity index (χ2n) is 7.18. The molecule has 0 bridgehead atoms. The number of rotatable bonds is 9. The van der Waals surface area contributed by atoms with Crippen molar-refractivity contribution in [1.29, 1.82) is 0 Å². The first kappa shape index (κ1) is 22.7. The molecule has 0 saturated carbocycles. The van der Waals surface area contributed by atoms with E-state index < -0.39 is 5.97 Å². The third kappa shape index (κ3) is 6.77. The summed E-state index contributed by atoms with van der Waals surface area (Å²) in [6.45, 7) is 8.93. The number of morpholine rings is 1. The quantitative estimate of drug-likeness (QED) is 0.614. The molecule has 1 aromatic heterocycles. The molecular formula is C23H29N3O5. The second kappa shape index (κ2) is 11.4. The Bertz CT molecular complexity index is 897. The van der Waals surface area contributed by atoms with Crippen LogP contribution in [0.1, 0.15) is 39.0 Å². The van der Waals surface area contributed by atoms with Gasteiger partial charge in [-0.2, -0.15) is 0 Å². The minimum atomic E-state index is -0.440. The van der Waals surface area contributed by atoms with Crippen molar-refractivity contribution in [3.8, 4) is 5.75 Å². The zero-order valence-electron chi connectivity index (χ0n) is 18.1. The second-order valence-corrected chi connectivity index (χ2v) is 7.18. The lowest BCUT2D eigenvalue weighted by Gasteiger charge is -2.26. The molecule has 1 aliphatic rings. The third-order valence-corrected chi connectivity index (χ3v) is 4.95. The van der Waals surface area contributed by atoms with Crippen LogP contribution in [0.5, 0.6) is 5.75 Å². The molecular weight excluding hydrogens is 398 g/mol. The Labute approximate surface area is 182 Å². The van der Waals surface area contributed by atoms with E-state index in [1.807, 2.05) is 24.3 Å². The highest BCUT2D eigenvalue weighted by Crippen LogP contribution is 2.14. The van der Waals surface area contributed by atoms with Crippen LogP contribution in [0, 0.1) is 6.92 Å². The van der Waals surface area contributed by atoms with Crippen LogP contribution in [-0.4, -0.2) is 67.8 Å². The van der Waals surface area contributed by atoms with Crippen molar-refractivity contribution >= 4 is 11.9 Å². The number of aromatic nitrogens is 1. The predicted molar refractivity (Wildman–Crippen MR) is 115 cm³/mol. The molecule has 0 atom stereocenters. The zero-order chi connectivity index (χ0) is 22.1. The maximum absolute atomic E-state index is 12.5. The fourth-order valence-corrected chi connectivity index (χ4v) is 3.25. The number of esters is 1. The van der Waals surface area contributed by atoms with Crippen LogP contribution in [0.25, 0.3) is 0 Å². The van der Waals surface area contributed by atoms with E-state index in [9.17, 15) is 9.59 Å². The Morgan fingerprint density at radius 3 is 2.74 bits per heavy atom. The van der Waals surface area contributed by atoms with Gasteiger partial charge < -0.3 is 19.5 Å². The Morgan fingerprint density at radius 1 is 1.19 bits per heavy atom. The summed E-state index contributed by atoms with van der Waals surface area (Å²) in [5, 5.41) is 2.86. The maximum atomic E-state index is 12.5. The average Bonchev–Trinajstić information content (AvgIpc) is 2.78. The van der Waals surface area contributed by atoms with Crippen LogP contribution >= 0.6 is 0 Å². The predicted octanol–water partition coefficient (Wildman–Crippen LogP) is 2.21. The third-order valence-electron chi connectivity index (χ3n) is 4.95. The summed E-state index contributed by atoms with van der Waals surface area (Å²) >= 11 is 0. The topological polar surface area (TPSA) is 90.0 Å². The van der Waals surface area contributed by atoms with E-state index in [0.717, 1.165) is 44.2 Å². The smallest absolute Gasteiger partial charge is 0.339 e. The zero-order valence-corrected chi connectivity index (χ0v) is 18.1. The number of amides is 1. The summed E-state index contributed by atoms with van der Waals surface area (Å²) in [5.74, 6) is 0.0230. The first-order chi connectivity index (χ1) is 15.1. The monoisotopic (exact) mass is 427 g/mol. The van der Waals surface area contributed by atoms with Crippen LogP contribution in [0.15, 0.2) is 36.4 Å². The first-order valence-electron chi connectivity index (χ1n) is 10.5. The molecule has 1 amide bonds. The molecule has 0 radical (unpaired) electrons. The van der Waals surface area contributed by atoms with E-state index in [1.165, 1.54) is 6.07 Å². The molecule has 2 heterocycles. The molecule has 1 aliphatic heterocycles. The molecule has 8 nitrogen and oxygen atoms in total. The van der Waals surface area contributed by atoms with E-state index in [2.05, 4.69) is 15.2 Å². The average molecular weight is 428 g/mol. The Kier molecular flexibility index (Phi) is 8.37. The lowest BCUT2D eigenvalue weighted by molar-refractivity contribution is 0.0322. The van der Waals surface area contributed by atoms with Crippen LogP contribution in [0.4, 0.5) is 0 Å². The van der Waals surface area contributed by atoms with E-state index in [-0.39, 0.29) is 18.2 Å². The molecule has 3 rings (SSSR count). The number of hydrogen-bond donors (Lipinski definition) is 1. The minimum absolute atomic E-state index is 0.253. The highest BCUT2D eigenvalue weighted by Gasteiger charge is 2.15. The number of benzene rings is 1. The number of carbonyl (C=O) groups excluding carboxylic acids is 2. The molecule has 1 saturated heterocycles. The Hall–Kier alpha value is -2.97. The number of carbonyl (C=O) groups is 2. The fraction of sp³-hybridized carbons (Fsp3) is 0.435. The lowest BCUT2D eigenvalue weighted by atomic mass is 10.1. The van der Waals surface area contributed by atoms with Gasteiger partial charge in [0.1, 0.15) is 18.1 Å². The van der Waals surface area contributed by atoms with Crippen molar-refractivity contribution in [3.63, 3.8) is 0 Å². The SMILES string of the molecule is CCOC(=O)c1ccc(C(=O)NCc2cccc(OCCN3CCOCC3)c2)nc1C. The van der Waals surface area contributed by atoms with Gasteiger partial charge in [0, 0.05) is 26.2 Å². The highest BCUT2D eigenvalue weighted by molar-refractivity contribution is 5.95. The van der Waals surface area contributed by atoms with E-state index in [0.29, 0.717) is 24.4 Å². The van der Waals surface area contributed by atoms with Crippen molar-refractivity contribution in [2.45, 2.75) is 20.4 Å². The Balaban J connectivity index is 1.50. The van der Waals surface area contributed by atoms with Gasteiger partial charge in [0.05, 0.1) is 31.1 Å². The molecule has 0 aliphatic carbocycles. The number of nitrogens with zero attached hydrogens (tertiary/aromatic N) is 2. The van der Waals surface area contributed by atoms with Gasteiger partial charge in [-0.05, 0) is 43.7 Å². The molecule has 8 heteroatoms. The lowest BCUT2D eigenvalue weighted by Crippen LogP contribution is -2.38. The minimum Gasteiger partial charge on any atom is -0.492 e. The van der Waals surface area contributed by atoms with Gasteiger partial charge in [0.25, 0.3) is 5.91 Å². The molecule has 31 heavy (non-hydrogen) atoms. The van der Waals surface area contributed by atoms with Crippen molar-refractivity contribution in [3.05, 3.63) is 58.9 Å². The van der Waals surface area contributed by atoms with Crippen molar-refractivity contribution in [2.75, 3.05) is 46.1 Å². The maximum Gasteiger partial charge on any atom is 0.339 e. The van der Waals surface area contributed by atoms with E-state index in [1.54, 1.807) is 19.9 Å². The molecule has 0 spiro atoms. The number of pyridine rings is 1. The van der Waals surface area contributed by atoms with Crippen molar-refractivity contribution < 1.29 is 23.8 Å². The summed E-state index contributed by atoms with van der Waals surface area (Å²) in [6, 6.07) is 10.8. The van der Waals surface area contributed by atoms with Crippen LogP contribution in [0.3, 0.4) is 0 Å². The number of hydrogen-bond acceptors (Lipinski definition) is 7. The molecule has 166 valence electrons. The first-order valence-corrected chi connectivity index (χ1v) is 10.5. The molecule has 0 unspecified atom stereocenters. The summed E-state index contributed by atoms with van der Waals surface area (Å²) in [7, 11) is 0. The summed E-state index contributed by atoms with van der Waals surface area (Å²) in [5.41, 5.74) is 2.00. The number of ether oxygens (including phenoxy) is 3. The highest BCUT2D eigenvalue weighted by atomic mass is 16.5. The summed E-state index contributed by atoms with van der Waals surface area (Å²) in [4.78, 5) is 30.9. The van der Waals surface area contributed by atoms with Crippen LogP contribution in [-0.2, 0) is 16.0 Å². The van der Waals surface area contributed by atoms with Crippen molar-refractivity contribution in [1.82, 2.24) is 15.2 Å². The van der Waals surface area contributed by atoms with Gasteiger partial charge in [-0.1, -0.05) is 12.1 Å². The molecule has 1 N–H and O–H groups in total. The molecule has 1 aromatic carbocycles. The Morgan fingerprint density at radius 2 is 2.00 bits per heavy atom. The standard InChI is InChI=1S/C23H29N3O5/c1-3-30-23(28)20-7-8-21(25-17(20)2)22(27)24-16-18-5-4-6-19(15-18)31-14-11-26-9-12-29-13-10-26/h4-8,15H,3,9-14,16H2,1-2H3,(H,24,27). The summed E-state index contributed by atoms with van der Waals surface area (Å²) < 4.78 is 16.2. The van der Waals surface area contributed by atoms with E-state index >= 15 is 0 Å². The van der Waals surface area contributed by atoms with Gasteiger partial charge in [-0.3, -0.25) is 9.69 Å². The van der Waals surface area contributed by atoms with Gasteiger partial charge in [0.15, 0.2) is 0 Å². The largest absolute Gasteiger partial charge is 0.492 e. The van der Waals surface area contributed by atoms with Gasteiger partial charge in [-0.15, -0.1) is 0 Å². The molecule has 2 aromatic rings. The van der Waals surface area contributed by atoms with Gasteiger partial charge in [0.2, 0.25) is 0 Å². The van der Waals surface area contributed by atoms with E-state index in [4.69, 9.17) is 14.2 Å². The van der Waals surface area contributed by atoms with Gasteiger partial charge >= 0.3 is 5.97 Å². The number of aryl methyl sites for hydroxylation is 1. The fourth-order valence-electron chi connectivity index (χ4n) is 3.25. The van der Waals surface area contributed by atoms with Gasteiger partial charge in [-0.25, -0.2) is 9.78 Å². The summed E-state index contributed by atoms with van der Waals surface area (Å²) in [6.07, 6.45) is 0. The van der Waals surface area contributed by atoms with Crippen LogP contribution in [0.2, 0.25) is 0 Å². The van der Waals surface area contributed by atoms with Crippen molar-refractivity contribution in [2.24, 2.45) is 0 Å². The molecule has 1 fully saturated rings.